The largest absolute Gasteiger partial charge is 0.338 e. The van der Waals surface area contributed by atoms with Crippen LogP contribution in [0.4, 0.5) is 0 Å². The Morgan fingerprint density at radius 2 is 1.56 bits per heavy atom. The molecule has 2 unspecified atom stereocenters. The van der Waals surface area contributed by atoms with Gasteiger partial charge in [-0.05, 0) is 66.9 Å². The maximum Gasteiger partial charge on any atom is 0.257 e. The number of hydrogen-bond donors (Lipinski definition) is 0. The molecule has 2 aromatic rings. The van der Waals surface area contributed by atoms with Gasteiger partial charge in [0, 0.05) is 50.3 Å². The summed E-state index contributed by atoms with van der Waals surface area (Å²) in [5, 5.41) is 0. The molecule has 0 N–H and O–H groups in total. The van der Waals surface area contributed by atoms with Crippen LogP contribution in [0.3, 0.4) is 0 Å². The number of nitrogens with zero attached hydrogens (tertiary/aromatic N) is 5. The molecule has 0 spiro atoms. The lowest BCUT2D eigenvalue weighted by atomic mass is 9.86. The summed E-state index contributed by atoms with van der Waals surface area (Å²) < 4.78 is 0. The Labute approximate surface area is 205 Å². The Balaban J connectivity index is 1.37. The normalized spacial score (nSPS) is 22.6. The molecule has 4 rings (SSSR count). The molecule has 6 nitrogen and oxygen atoms in total. The van der Waals surface area contributed by atoms with Gasteiger partial charge in [-0.25, -0.2) is 9.97 Å². The zero-order valence-electron chi connectivity index (χ0n) is 22.1. The highest BCUT2D eigenvalue weighted by Crippen LogP contribution is 2.33. The Morgan fingerprint density at radius 1 is 0.971 bits per heavy atom. The van der Waals surface area contributed by atoms with Crippen LogP contribution >= 0.6 is 0 Å². The number of likely N-dealkylation sites (tertiary alicyclic amines) is 1. The first-order valence-corrected chi connectivity index (χ1v) is 12.8. The van der Waals surface area contributed by atoms with Crippen LogP contribution in [0.25, 0.3) is 0 Å². The summed E-state index contributed by atoms with van der Waals surface area (Å²) in [6.07, 6.45) is 2.01. The van der Waals surface area contributed by atoms with Gasteiger partial charge in [0.1, 0.15) is 5.82 Å². The summed E-state index contributed by atoms with van der Waals surface area (Å²) >= 11 is 0. The van der Waals surface area contributed by atoms with Crippen molar-refractivity contribution in [2.45, 2.75) is 78.9 Å². The number of piperidine rings is 1. The van der Waals surface area contributed by atoms with E-state index in [1.807, 2.05) is 25.7 Å². The maximum atomic E-state index is 13.3. The number of carbonyl (C=O) groups is 1. The topological polar surface area (TPSA) is 52.6 Å². The molecule has 184 valence electrons. The number of aromatic nitrogens is 2. The van der Waals surface area contributed by atoms with Crippen molar-refractivity contribution in [3.8, 4) is 0 Å². The third-order valence-electron chi connectivity index (χ3n) is 8.22. The predicted octanol–water partition coefficient (Wildman–Crippen LogP) is 4.47. The van der Waals surface area contributed by atoms with Crippen LogP contribution in [-0.4, -0.2) is 74.9 Å². The summed E-state index contributed by atoms with van der Waals surface area (Å²) in [5.41, 5.74) is 5.10. The molecule has 0 radical (unpaired) electrons. The van der Waals surface area contributed by atoms with Crippen LogP contribution in [0.2, 0.25) is 0 Å². The fourth-order valence-corrected chi connectivity index (χ4v) is 5.93. The minimum absolute atomic E-state index is 0.0853. The van der Waals surface area contributed by atoms with E-state index >= 15 is 0 Å². The summed E-state index contributed by atoms with van der Waals surface area (Å²) in [4.78, 5) is 29.5. The molecule has 0 bridgehead atoms. The van der Waals surface area contributed by atoms with Gasteiger partial charge in [-0.1, -0.05) is 29.8 Å². The lowest BCUT2D eigenvalue weighted by molar-refractivity contribution is -0.0278. The lowest BCUT2D eigenvalue weighted by Crippen LogP contribution is -2.62. The minimum Gasteiger partial charge on any atom is -0.338 e. The Morgan fingerprint density at radius 3 is 2.12 bits per heavy atom. The third-order valence-corrected chi connectivity index (χ3v) is 8.22. The lowest BCUT2D eigenvalue weighted by Gasteiger charge is -2.52. The third kappa shape index (κ3) is 4.89. The number of aryl methyl sites for hydroxylation is 4. The summed E-state index contributed by atoms with van der Waals surface area (Å²) in [7, 11) is 0. The second kappa shape index (κ2) is 9.74. The summed E-state index contributed by atoms with van der Waals surface area (Å²) in [6.45, 7) is 19.8. The number of hydrogen-bond acceptors (Lipinski definition) is 5. The molecule has 6 heteroatoms. The minimum atomic E-state index is 0.0853. The molecular formula is C28H41N5O. The molecule has 34 heavy (non-hydrogen) atoms. The SMILES string of the molecule is Cc1ccc(C(C)N2CCN(C3(C)CCN(C(=O)c4c(C)nc(C)nc4C)CC3)CC2C)cc1. The number of rotatable bonds is 4. The van der Waals surface area contributed by atoms with E-state index in [1.165, 1.54) is 11.1 Å². The smallest absolute Gasteiger partial charge is 0.257 e. The van der Waals surface area contributed by atoms with E-state index in [9.17, 15) is 4.79 Å². The molecule has 1 aromatic heterocycles. The van der Waals surface area contributed by atoms with Gasteiger partial charge < -0.3 is 4.90 Å². The molecule has 2 aliphatic rings. The highest BCUT2D eigenvalue weighted by Gasteiger charge is 2.41. The van der Waals surface area contributed by atoms with Crippen molar-refractivity contribution in [3.63, 3.8) is 0 Å². The van der Waals surface area contributed by atoms with Gasteiger partial charge in [0.2, 0.25) is 0 Å². The standard InChI is InChI=1S/C28H41N5O/c1-19-8-10-25(11-9-19)23(5)33-17-16-32(18-20(33)2)28(7)12-14-31(15-13-28)27(34)26-21(3)29-24(6)30-22(26)4/h8-11,20,23H,12-18H2,1-7H3. The predicted molar refractivity (Wildman–Crippen MR) is 137 cm³/mol. The van der Waals surface area contributed by atoms with Crippen LogP contribution in [0.1, 0.15) is 78.4 Å². The van der Waals surface area contributed by atoms with E-state index in [2.05, 4.69) is 71.7 Å². The van der Waals surface area contributed by atoms with Gasteiger partial charge in [-0.15, -0.1) is 0 Å². The number of piperazine rings is 1. The van der Waals surface area contributed by atoms with Crippen molar-refractivity contribution in [2.24, 2.45) is 0 Å². The van der Waals surface area contributed by atoms with Crippen LogP contribution in [0.15, 0.2) is 24.3 Å². The molecule has 2 atom stereocenters. The first-order chi connectivity index (χ1) is 16.1. The molecule has 2 aliphatic heterocycles. The first kappa shape index (κ1) is 24.8. The van der Waals surface area contributed by atoms with E-state index in [1.54, 1.807) is 0 Å². The van der Waals surface area contributed by atoms with Crippen molar-refractivity contribution in [1.29, 1.82) is 0 Å². The second-order valence-electron chi connectivity index (χ2n) is 10.7. The first-order valence-electron chi connectivity index (χ1n) is 12.8. The Kier molecular flexibility index (Phi) is 7.11. The molecular weight excluding hydrogens is 422 g/mol. The fraction of sp³-hybridized carbons (Fsp3) is 0.607. The highest BCUT2D eigenvalue weighted by molar-refractivity contribution is 5.96. The summed E-state index contributed by atoms with van der Waals surface area (Å²) in [5.74, 6) is 0.810. The van der Waals surface area contributed by atoms with Crippen LogP contribution < -0.4 is 0 Å². The van der Waals surface area contributed by atoms with Crippen molar-refractivity contribution in [3.05, 3.63) is 58.2 Å². The fourth-order valence-electron chi connectivity index (χ4n) is 5.93. The average Bonchev–Trinajstić information content (AvgIpc) is 2.79. The van der Waals surface area contributed by atoms with Crippen molar-refractivity contribution >= 4 is 5.91 Å². The monoisotopic (exact) mass is 463 g/mol. The molecule has 2 saturated heterocycles. The van der Waals surface area contributed by atoms with Gasteiger partial charge in [0.25, 0.3) is 5.91 Å². The van der Waals surface area contributed by atoms with E-state index in [-0.39, 0.29) is 11.4 Å². The molecule has 1 amide bonds. The van der Waals surface area contributed by atoms with E-state index in [0.717, 1.165) is 62.8 Å². The van der Waals surface area contributed by atoms with E-state index in [4.69, 9.17) is 0 Å². The summed E-state index contributed by atoms with van der Waals surface area (Å²) in [6, 6.07) is 9.90. The van der Waals surface area contributed by atoms with Gasteiger partial charge in [-0.3, -0.25) is 14.6 Å². The molecule has 0 saturated carbocycles. The second-order valence-corrected chi connectivity index (χ2v) is 10.7. The molecule has 1 aromatic carbocycles. The number of carbonyl (C=O) groups excluding carboxylic acids is 1. The van der Waals surface area contributed by atoms with Crippen LogP contribution in [0, 0.1) is 27.7 Å². The molecule has 3 heterocycles. The van der Waals surface area contributed by atoms with E-state index in [0.29, 0.717) is 17.6 Å². The van der Waals surface area contributed by atoms with Gasteiger partial charge >= 0.3 is 0 Å². The van der Waals surface area contributed by atoms with E-state index < -0.39 is 0 Å². The number of benzene rings is 1. The Hall–Kier alpha value is -2.31. The zero-order valence-corrected chi connectivity index (χ0v) is 22.1. The molecule has 2 fully saturated rings. The van der Waals surface area contributed by atoms with Gasteiger partial charge in [0.05, 0.1) is 17.0 Å². The zero-order chi connectivity index (χ0) is 24.6. The highest BCUT2D eigenvalue weighted by atomic mass is 16.2. The van der Waals surface area contributed by atoms with Crippen molar-refractivity contribution in [1.82, 2.24) is 24.7 Å². The average molecular weight is 464 g/mol. The van der Waals surface area contributed by atoms with Crippen LogP contribution in [0.5, 0.6) is 0 Å². The maximum absolute atomic E-state index is 13.3. The Bertz CT molecular complexity index is 1000. The van der Waals surface area contributed by atoms with Crippen LogP contribution in [-0.2, 0) is 0 Å². The quantitative estimate of drug-likeness (QED) is 0.670. The van der Waals surface area contributed by atoms with Crippen molar-refractivity contribution in [2.75, 3.05) is 32.7 Å². The van der Waals surface area contributed by atoms with Crippen molar-refractivity contribution < 1.29 is 4.79 Å². The van der Waals surface area contributed by atoms with Gasteiger partial charge in [0.15, 0.2) is 0 Å². The molecule has 0 aliphatic carbocycles. The number of amides is 1. The van der Waals surface area contributed by atoms with Gasteiger partial charge in [-0.2, -0.15) is 0 Å².